The van der Waals surface area contributed by atoms with Crippen molar-refractivity contribution in [1.29, 1.82) is 0 Å². The number of hydrogen-bond donors (Lipinski definition) is 0. The lowest BCUT2D eigenvalue weighted by atomic mass is 9.87. The molecule has 2 aromatic rings. The van der Waals surface area contributed by atoms with Gasteiger partial charge in [-0.05, 0) is 33.1 Å². The van der Waals surface area contributed by atoms with Crippen molar-refractivity contribution in [1.82, 2.24) is 0 Å². The van der Waals surface area contributed by atoms with Crippen molar-refractivity contribution in [2.24, 2.45) is 0 Å². The third-order valence-corrected chi connectivity index (χ3v) is 6.56. The molecule has 2 nitrogen and oxygen atoms in total. The van der Waals surface area contributed by atoms with Crippen LogP contribution in [0.5, 0.6) is 0 Å². The zero-order valence-corrected chi connectivity index (χ0v) is 18.1. The lowest BCUT2D eigenvalue weighted by Gasteiger charge is -2.20. The van der Waals surface area contributed by atoms with Gasteiger partial charge in [-0.3, -0.25) is 0 Å². The molecular weight excluding hydrogens is 352 g/mol. The van der Waals surface area contributed by atoms with Gasteiger partial charge in [0.25, 0.3) is 0 Å². The van der Waals surface area contributed by atoms with E-state index in [-0.39, 0.29) is 20.6 Å². The Morgan fingerprint density at radius 1 is 0.630 bits per heavy atom. The molecule has 2 aromatic carbocycles. The summed E-state index contributed by atoms with van der Waals surface area (Å²) in [6.45, 7) is 20.4. The number of hydrogen-bond acceptors (Lipinski definition) is 2. The molecule has 0 unspecified atom stereocenters. The van der Waals surface area contributed by atoms with Crippen molar-refractivity contribution in [2.75, 3.05) is 0 Å². The van der Waals surface area contributed by atoms with Gasteiger partial charge in [0.05, 0.1) is 9.81 Å². The summed E-state index contributed by atoms with van der Waals surface area (Å²) < 4.78 is 26.0. The number of rotatable bonds is 4. The monoisotopic (exact) mass is 382 g/mol. The maximum atomic E-state index is 13.0. The van der Waals surface area contributed by atoms with Crippen molar-refractivity contribution in [2.45, 2.75) is 52.4 Å². The molecule has 2 rings (SSSR count). The van der Waals surface area contributed by atoms with Gasteiger partial charge in [0.2, 0.25) is 9.84 Å². The average molecular weight is 383 g/mol. The van der Waals surface area contributed by atoms with Crippen LogP contribution in [0, 0.1) is 0 Å². The lowest BCUT2D eigenvalue weighted by Crippen LogP contribution is -2.11. The molecule has 0 aliphatic heterocycles. The summed E-state index contributed by atoms with van der Waals surface area (Å²) in [4.78, 5) is 0.153. The average Bonchev–Trinajstić information content (AvgIpc) is 2.59. The summed E-state index contributed by atoms with van der Waals surface area (Å²) in [5, 5.41) is 0. The molecule has 0 amide bonds. The zero-order valence-electron chi connectivity index (χ0n) is 17.3. The van der Waals surface area contributed by atoms with Crippen LogP contribution in [0.15, 0.2) is 61.7 Å². The second kappa shape index (κ2) is 7.12. The Morgan fingerprint density at radius 3 is 1.11 bits per heavy atom. The van der Waals surface area contributed by atoms with Crippen molar-refractivity contribution >= 4 is 19.6 Å². The molecule has 0 aliphatic carbocycles. The van der Waals surface area contributed by atoms with Crippen LogP contribution >= 0.6 is 0 Å². The molecule has 144 valence electrons. The van der Waals surface area contributed by atoms with Gasteiger partial charge in [-0.2, -0.15) is 0 Å². The minimum absolute atomic E-state index is 0.0110. The van der Waals surface area contributed by atoms with Gasteiger partial charge in [-0.1, -0.05) is 103 Å². The van der Waals surface area contributed by atoms with Crippen molar-refractivity contribution in [3.8, 4) is 0 Å². The molecule has 0 aromatic heterocycles. The molecule has 0 N–H and O–H groups in total. The van der Waals surface area contributed by atoms with Crippen LogP contribution in [0.3, 0.4) is 0 Å². The predicted octanol–water partition coefficient (Wildman–Crippen LogP) is 6.34. The first kappa shape index (κ1) is 21.2. The van der Waals surface area contributed by atoms with E-state index in [9.17, 15) is 8.42 Å². The predicted molar refractivity (Wildman–Crippen MR) is 117 cm³/mol. The largest absolute Gasteiger partial charge is 0.219 e. The normalized spacial score (nSPS) is 12.7. The van der Waals surface area contributed by atoms with E-state index in [0.29, 0.717) is 11.1 Å². The van der Waals surface area contributed by atoms with E-state index in [0.717, 1.165) is 11.1 Å². The molecule has 0 atom stereocenters. The Labute approximate surface area is 164 Å². The Kier molecular flexibility index (Phi) is 5.58. The molecule has 3 heteroatoms. The van der Waals surface area contributed by atoms with Gasteiger partial charge in [0.1, 0.15) is 0 Å². The quantitative estimate of drug-likeness (QED) is 0.618. The highest BCUT2D eigenvalue weighted by atomic mass is 32.2. The van der Waals surface area contributed by atoms with Gasteiger partial charge in [-0.25, -0.2) is 8.42 Å². The van der Waals surface area contributed by atoms with Crippen LogP contribution < -0.4 is 0 Å². The Balaban J connectivity index is 2.31. The molecule has 0 saturated heterocycles. The topological polar surface area (TPSA) is 34.1 Å². The maximum absolute atomic E-state index is 13.0. The Morgan fingerprint density at radius 2 is 0.889 bits per heavy atom. The van der Waals surface area contributed by atoms with E-state index in [1.165, 1.54) is 0 Å². The third-order valence-electron chi connectivity index (χ3n) is 4.79. The number of benzene rings is 2. The highest BCUT2D eigenvalue weighted by molar-refractivity contribution is 8.09. The van der Waals surface area contributed by atoms with E-state index in [4.69, 9.17) is 0 Å². The molecule has 0 spiro atoms. The van der Waals surface area contributed by atoms with E-state index in [1.54, 1.807) is 0 Å². The second-order valence-electron chi connectivity index (χ2n) is 9.00. The van der Waals surface area contributed by atoms with Crippen LogP contribution in [0.25, 0.3) is 9.81 Å². The fraction of sp³-hybridized carbons (Fsp3) is 0.333. The first-order valence-electron chi connectivity index (χ1n) is 9.09. The smallest absolute Gasteiger partial charge is 0.206 e. The fourth-order valence-electron chi connectivity index (χ4n) is 2.77. The van der Waals surface area contributed by atoms with Crippen LogP contribution in [-0.4, -0.2) is 8.42 Å². The third kappa shape index (κ3) is 4.59. The molecule has 0 radical (unpaired) electrons. The van der Waals surface area contributed by atoms with E-state index in [1.807, 2.05) is 48.5 Å². The van der Waals surface area contributed by atoms with Crippen molar-refractivity contribution < 1.29 is 8.42 Å². The van der Waals surface area contributed by atoms with Crippen molar-refractivity contribution in [3.05, 3.63) is 83.9 Å². The second-order valence-corrected chi connectivity index (χ2v) is 11.0. The molecule has 27 heavy (non-hydrogen) atoms. The molecular formula is C24H30O2S. The van der Waals surface area contributed by atoms with Gasteiger partial charge in [0.15, 0.2) is 0 Å². The molecule has 0 heterocycles. The van der Waals surface area contributed by atoms with Gasteiger partial charge in [-0.15, -0.1) is 0 Å². The van der Waals surface area contributed by atoms with Crippen molar-refractivity contribution in [3.63, 3.8) is 0 Å². The first-order valence-corrected chi connectivity index (χ1v) is 10.6. The first-order chi connectivity index (χ1) is 12.2. The fourth-order valence-corrected chi connectivity index (χ4v) is 3.96. The summed E-state index contributed by atoms with van der Waals surface area (Å²) in [6, 6.07) is 15.1. The molecule has 0 saturated carbocycles. The van der Waals surface area contributed by atoms with Gasteiger partial charge < -0.3 is 0 Å². The SMILES string of the molecule is C=C(c1ccc(C(C)(C)C)cc1)S(=O)(=O)C(=C)c1ccc(C(C)(C)C)cc1. The summed E-state index contributed by atoms with van der Waals surface area (Å²) >= 11 is 0. The summed E-state index contributed by atoms with van der Waals surface area (Å²) in [5.41, 5.74) is 3.50. The van der Waals surface area contributed by atoms with Crippen LogP contribution in [-0.2, 0) is 20.7 Å². The summed E-state index contributed by atoms with van der Waals surface area (Å²) in [6.07, 6.45) is 0. The van der Waals surface area contributed by atoms with E-state index < -0.39 is 9.84 Å². The number of sulfone groups is 1. The minimum Gasteiger partial charge on any atom is -0.219 e. The molecule has 0 aliphatic rings. The van der Waals surface area contributed by atoms with Crippen LogP contribution in [0.4, 0.5) is 0 Å². The molecule has 0 bridgehead atoms. The standard InChI is InChI=1S/C24H30O2S/c1-17(19-9-13-21(14-10-19)23(3,4)5)27(25,26)18(2)20-11-15-22(16-12-20)24(6,7)8/h9-16H,1-2H2,3-8H3. The Hall–Kier alpha value is -2.13. The summed E-state index contributed by atoms with van der Waals surface area (Å²) in [7, 11) is -3.73. The van der Waals surface area contributed by atoms with Gasteiger partial charge in [0, 0.05) is 0 Å². The van der Waals surface area contributed by atoms with Gasteiger partial charge >= 0.3 is 0 Å². The van der Waals surface area contributed by atoms with E-state index in [2.05, 4.69) is 54.7 Å². The minimum atomic E-state index is -3.73. The Bertz CT molecular complexity index is 872. The lowest BCUT2D eigenvalue weighted by molar-refractivity contribution is 0.590. The van der Waals surface area contributed by atoms with E-state index >= 15 is 0 Å². The van der Waals surface area contributed by atoms with Crippen LogP contribution in [0.2, 0.25) is 0 Å². The summed E-state index contributed by atoms with van der Waals surface area (Å²) in [5.74, 6) is 0. The molecule has 0 fully saturated rings. The maximum Gasteiger partial charge on any atom is 0.206 e. The van der Waals surface area contributed by atoms with Crippen LogP contribution in [0.1, 0.15) is 63.8 Å². The zero-order chi connectivity index (χ0) is 20.6. The highest BCUT2D eigenvalue weighted by Crippen LogP contribution is 2.33. The highest BCUT2D eigenvalue weighted by Gasteiger charge is 2.24.